The molecule has 0 aliphatic carbocycles. The number of phenolic OH excluding ortho intramolecular Hbond substituents is 1. The van der Waals surface area contributed by atoms with Crippen LogP contribution in [0.1, 0.15) is 0 Å². The number of aliphatic hydroxyl groups excluding tert-OH is 3. The molecular formula is C12H12Cl2O8. The molecule has 22 heavy (non-hydrogen) atoms. The minimum atomic E-state index is -1.84. The van der Waals surface area contributed by atoms with Crippen molar-refractivity contribution in [3.63, 3.8) is 0 Å². The average molecular weight is 355 g/mol. The highest BCUT2D eigenvalue weighted by atomic mass is 35.5. The molecule has 0 saturated carbocycles. The Labute approximate surface area is 134 Å². The van der Waals surface area contributed by atoms with Gasteiger partial charge < -0.3 is 35.0 Å². The number of carboxylic acid groups (broad SMARTS) is 1. The monoisotopic (exact) mass is 354 g/mol. The molecule has 2 rings (SSSR count). The zero-order chi connectivity index (χ0) is 16.6. The van der Waals surface area contributed by atoms with Crippen molar-refractivity contribution in [3.8, 4) is 11.5 Å². The number of aliphatic carboxylic acids is 1. The lowest BCUT2D eigenvalue weighted by atomic mass is 9.99. The van der Waals surface area contributed by atoms with Crippen LogP contribution in [0.15, 0.2) is 12.1 Å². The quantitative estimate of drug-likeness (QED) is 0.510. The average Bonchev–Trinajstić information content (AvgIpc) is 2.44. The van der Waals surface area contributed by atoms with Gasteiger partial charge in [0.05, 0.1) is 10.0 Å². The second-order valence-corrected chi connectivity index (χ2v) is 5.40. The van der Waals surface area contributed by atoms with Crippen molar-refractivity contribution in [1.29, 1.82) is 0 Å². The number of halogens is 2. The molecule has 0 unspecified atom stereocenters. The Kier molecular flexibility index (Phi) is 5.00. The highest BCUT2D eigenvalue weighted by Gasteiger charge is 2.48. The molecule has 0 spiro atoms. The lowest BCUT2D eigenvalue weighted by molar-refractivity contribution is -0.271. The number of benzene rings is 1. The maximum Gasteiger partial charge on any atom is 0.335 e. The van der Waals surface area contributed by atoms with Crippen LogP contribution in [0.2, 0.25) is 10.0 Å². The lowest BCUT2D eigenvalue weighted by Gasteiger charge is -2.38. The smallest absolute Gasteiger partial charge is 0.335 e. The van der Waals surface area contributed by atoms with Crippen molar-refractivity contribution in [2.75, 3.05) is 0 Å². The fourth-order valence-electron chi connectivity index (χ4n) is 1.89. The summed E-state index contributed by atoms with van der Waals surface area (Å²) < 4.78 is 10.0. The van der Waals surface area contributed by atoms with E-state index in [0.29, 0.717) is 0 Å². The molecule has 8 nitrogen and oxygen atoms in total. The summed E-state index contributed by atoms with van der Waals surface area (Å²) >= 11 is 11.4. The van der Waals surface area contributed by atoms with Gasteiger partial charge in [-0.25, -0.2) is 4.79 Å². The van der Waals surface area contributed by atoms with Crippen LogP contribution in [0, 0.1) is 0 Å². The number of hydrogen-bond acceptors (Lipinski definition) is 7. The van der Waals surface area contributed by atoms with Crippen LogP contribution >= 0.6 is 23.2 Å². The van der Waals surface area contributed by atoms with E-state index in [-0.39, 0.29) is 15.8 Å². The Hall–Kier alpha value is -1.29. The van der Waals surface area contributed by atoms with Gasteiger partial charge in [0.1, 0.15) is 18.3 Å². The third kappa shape index (κ3) is 3.22. The number of carbonyl (C=O) groups is 1. The first-order chi connectivity index (χ1) is 10.2. The van der Waals surface area contributed by atoms with Crippen molar-refractivity contribution in [2.45, 2.75) is 30.7 Å². The number of aliphatic hydroxyl groups is 3. The lowest BCUT2D eigenvalue weighted by Crippen LogP contribution is -2.61. The Balaban J connectivity index is 2.24. The van der Waals surface area contributed by atoms with Gasteiger partial charge in [0, 0.05) is 12.1 Å². The minimum Gasteiger partial charge on any atom is -0.504 e. The second-order valence-electron chi connectivity index (χ2n) is 4.59. The van der Waals surface area contributed by atoms with Crippen LogP contribution < -0.4 is 4.74 Å². The molecule has 5 atom stereocenters. The largest absolute Gasteiger partial charge is 0.504 e. The van der Waals surface area contributed by atoms with Crippen LogP contribution in [0.5, 0.6) is 11.5 Å². The van der Waals surface area contributed by atoms with Crippen molar-refractivity contribution >= 4 is 29.2 Å². The van der Waals surface area contributed by atoms with Gasteiger partial charge in [-0.05, 0) is 0 Å². The third-order valence-corrected chi connectivity index (χ3v) is 3.78. The summed E-state index contributed by atoms with van der Waals surface area (Å²) in [7, 11) is 0. The third-order valence-electron chi connectivity index (χ3n) is 3.06. The van der Waals surface area contributed by atoms with Crippen LogP contribution in [-0.4, -0.2) is 62.2 Å². The van der Waals surface area contributed by atoms with E-state index in [0.717, 1.165) is 12.1 Å². The van der Waals surface area contributed by atoms with Gasteiger partial charge in [0.25, 0.3) is 0 Å². The summed E-state index contributed by atoms with van der Waals surface area (Å²) in [6.07, 6.45) is -8.87. The van der Waals surface area contributed by atoms with Gasteiger partial charge in [-0.2, -0.15) is 0 Å². The topological polar surface area (TPSA) is 137 Å². The summed E-state index contributed by atoms with van der Waals surface area (Å²) in [5.74, 6) is -2.23. The van der Waals surface area contributed by atoms with Crippen molar-refractivity contribution < 1.29 is 39.8 Å². The van der Waals surface area contributed by atoms with Crippen LogP contribution in [0.25, 0.3) is 0 Å². The first-order valence-corrected chi connectivity index (χ1v) is 6.75. The van der Waals surface area contributed by atoms with Gasteiger partial charge in [0.15, 0.2) is 17.6 Å². The number of phenols is 1. The van der Waals surface area contributed by atoms with E-state index in [2.05, 4.69) is 0 Å². The Morgan fingerprint density at radius 3 is 2.27 bits per heavy atom. The molecule has 5 N–H and O–H groups in total. The molecule has 1 aliphatic heterocycles. The first-order valence-electron chi connectivity index (χ1n) is 5.99. The maximum absolute atomic E-state index is 11.0. The zero-order valence-corrected chi connectivity index (χ0v) is 12.3. The summed E-state index contributed by atoms with van der Waals surface area (Å²) in [4.78, 5) is 11.0. The van der Waals surface area contributed by atoms with E-state index in [1.807, 2.05) is 0 Å². The molecule has 0 amide bonds. The van der Waals surface area contributed by atoms with E-state index < -0.39 is 42.4 Å². The molecule has 1 aliphatic rings. The van der Waals surface area contributed by atoms with Crippen molar-refractivity contribution in [2.24, 2.45) is 0 Å². The first kappa shape index (κ1) is 17.1. The fraction of sp³-hybridized carbons (Fsp3) is 0.417. The highest BCUT2D eigenvalue weighted by molar-refractivity contribution is 6.42. The molecular weight excluding hydrogens is 343 g/mol. The Bertz CT molecular complexity index is 580. The fourth-order valence-corrected chi connectivity index (χ4v) is 2.20. The van der Waals surface area contributed by atoms with E-state index in [1.165, 1.54) is 0 Å². The van der Waals surface area contributed by atoms with Crippen LogP contribution in [-0.2, 0) is 9.53 Å². The highest BCUT2D eigenvalue weighted by Crippen LogP contribution is 2.36. The number of aromatic hydroxyl groups is 1. The van der Waals surface area contributed by atoms with Crippen molar-refractivity contribution in [3.05, 3.63) is 22.2 Å². The molecule has 1 aromatic rings. The Morgan fingerprint density at radius 2 is 1.68 bits per heavy atom. The second kappa shape index (κ2) is 6.45. The minimum absolute atomic E-state index is 0.0372. The summed E-state index contributed by atoms with van der Waals surface area (Å²) in [5, 5.41) is 47.7. The van der Waals surface area contributed by atoms with Gasteiger partial charge in [-0.15, -0.1) is 0 Å². The SMILES string of the molecule is O=C(O)[C@H]1O[C@@H](Oc2cc(Cl)c(Cl)cc2O)[C@H](O)[C@@H](O)[C@@H]1O. The molecule has 0 aromatic heterocycles. The molecule has 10 heteroatoms. The summed E-state index contributed by atoms with van der Waals surface area (Å²) in [5.41, 5.74) is 0. The van der Waals surface area contributed by atoms with E-state index in [4.69, 9.17) is 37.8 Å². The number of hydrogen-bond donors (Lipinski definition) is 5. The number of ether oxygens (including phenoxy) is 2. The Morgan fingerprint density at radius 1 is 1.09 bits per heavy atom. The predicted molar refractivity (Wildman–Crippen MR) is 73.1 cm³/mol. The van der Waals surface area contributed by atoms with Crippen molar-refractivity contribution in [1.82, 2.24) is 0 Å². The molecule has 1 saturated heterocycles. The van der Waals surface area contributed by atoms with E-state index in [9.17, 15) is 25.2 Å². The zero-order valence-electron chi connectivity index (χ0n) is 10.8. The van der Waals surface area contributed by atoms with Gasteiger partial charge in [-0.1, -0.05) is 23.2 Å². The number of carboxylic acids is 1. The predicted octanol–water partition coefficient (Wildman–Crippen LogP) is -0.0300. The van der Waals surface area contributed by atoms with E-state index >= 15 is 0 Å². The standard InChI is InChI=1S/C12H12Cl2O8/c13-3-1-5(15)6(2-4(3)14)21-12-9(18)7(16)8(17)10(22-12)11(19)20/h1-2,7-10,12,15-18H,(H,19,20)/t7-,8-,9+,10-,12+/m0/s1. The molecule has 122 valence electrons. The molecule has 1 heterocycles. The molecule has 1 fully saturated rings. The summed E-state index contributed by atoms with van der Waals surface area (Å²) in [6.45, 7) is 0. The van der Waals surface area contributed by atoms with E-state index in [1.54, 1.807) is 0 Å². The maximum atomic E-state index is 11.0. The number of rotatable bonds is 3. The summed E-state index contributed by atoms with van der Waals surface area (Å²) in [6, 6.07) is 2.21. The molecule has 0 radical (unpaired) electrons. The molecule has 1 aromatic carbocycles. The van der Waals surface area contributed by atoms with Gasteiger partial charge in [0.2, 0.25) is 6.29 Å². The van der Waals surface area contributed by atoms with Gasteiger partial charge >= 0.3 is 5.97 Å². The molecule has 0 bridgehead atoms. The van der Waals surface area contributed by atoms with Gasteiger partial charge in [-0.3, -0.25) is 0 Å². The van der Waals surface area contributed by atoms with Crippen LogP contribution in [0.3, 0.4) is 0 Å². The van der Waals surface area contributed by atoms with Crippen LogP contribution in [0.4, 0.5) is 0 Å². The normalized spacial score (nSPS) is 31.8.